The number of hydrogen-bond acceptors (Lipinski definition) is 3. The van der Waals surface area contributed by atoms with Crippen molar-refractivity contribution in [3.63, 3.8) is 0 Å². The molecule has 0 spiro atoms. The summed E-state index contributed by atoms with van der Waals surface area (Å²) in [6.07, 6.45) is 4.60. The summed E-state index contributed by atoms with van der Waals surface area (Å²) in [4.78, 5) is 11.4. The molecular formula is C11H21NO2. The molecule has 3 heteroatoms. The van der Waals surface area contributed by atoms with Crippen molar-refractivity contribution in [1.29, 1.82) is 0 Å². The summed E-state index contributed by atoms with van der Waals surface area (Å²) < 4.78 is 5.39. The third kappa shape index (κ3) is 3.29. The molecule has 0 aromatic heterocycles. The topological polar surface area (TPSA) is 38.3 Å². The molecule has 1 atom stereocenters. The molecule has 0 bridgehead atoms. The number of likely N-dealkylation sites (N-methyl/N-ethyl adjacent to an activating group) is 1. The van der Waals surface area contributed by atoms with Crippen molar-refractivity contribution in [3.05, 3.63) is 0 Å². The van der Waals surface area contributed by atoms with Gasteiger partial charge in [-0.1, -0.05) is 6.92 Å². The van der Waals surface area contributed by atoms with Gasteiger partial charge in [-0.2, -0.15) is 0 Å². The number of carbonyl (C=O) groups excluding carboxylic acids is 1. The molecule has 0 heterocycles. The fraction of sp³-hybridized carbons (Fsp3) is 0.909. The monoisotopic (exact) mass is 199 g/mol. The molecule has 0 aliphatic heterocycles. The minimum absolute atomic E-state index is 0.118. The van der Waals surface area contributed by atoms with Gasteiger partial charge in [-0.3, -0.25) is 4.79 Å². The minimum atomic E-state index is -0.186. The molecule has 1 rings (SSSR count). The molecule has 0 saturated heterocycles. The van der Waals surface area contributed by atoms with Gasteiger partial charge in [-0.05, 0) is 45.6 Å². The predicted octanol–water partition coefficient (Wildman–Crippen LogP) is 1.72. The quantitative estimate of drug-likeness (QED) is 0.703. The SMILES string of the molecule is CNC(C)C(=O)OC1CCC(C)CC1. The number of hydrogen-bond donors (Lipinski definition) is 1. The number of carbonyl (C=O) groups is 1. The second-order valence-electron chi connectivity index (χ2n) is 4.33. The van der Waals surface area contributed by atoms with E-state index in [1.54, 1.807) is 7.05 Å². The van der Waals surface area contributed by atoms with E-state index in [2.05, 4.69) is 12.2 Å². The normalized spacial score (nSPS) is 29.6. The zero-order valence-electron chi connectivity index (χ0n) is 9.38. The van der Waals surface area contributed by atoms with Gasteiger partial charge in [-0.25, -0.2) is 0 Å². The summed E-state index contributed by atoms with van der Waals surface area (Å²) in [6.45, 7) is 4.09. The highest BCUT2D eigenvalue weighted by molar-refractivity contribution is 5.75. The maximum absolute atomic E-state index is 11.4. The van der Waals surface area contributed by atoms with Crippen molar-refractivity contribution < 1.29 is 9.53 Å². The molecule has 0 aromatic carbocycles. The Labute approximate surface area is 86.2 Å². The molecule has 0 aromatic rings. The fourth-order valence-corrected chi connectivity index (χ4v) is 1.73. The van der Waals surface area contributed by atoms with Gasteiger partial charge in [0.05, 0.1) is 0 Å². The lowest BCUT2D eigenvalue weighted by atomic mass is 9.89. The zero-order valence-corrected chi connectivity index (χ0v) is 9.38. The average Bonchev–Trinajstić information content (AvgIpc) is 2.20. The minimum Gasteiger partial charge on any atom is -0.461 e. The molecule has 14 heavy (non-hydrogen) atoms. The van der Waals surface area contributed by atoms with Crippen LogP contribution in [0.25, 0.3) is 0 Å². The van der Waals surface area contributed by atoms with Gasteiger partial charge in [0.2, 0.25) is 0 Å². The molecule has 1 N–H and O–H groups in total. The Kier molecular flexibility index (Phi) is 4.39. The largest absolute Gasteiger partial charge is 0.461 e. The van der Waals surface area contributed by atoms with E-state index < -0.39 is 0 Å². The first-order valence-electron chi connectivity index (χ1n) is 5.51. The first kappa shape index (κ1) is 11.5. The molecule has 82 valence electrons. The van der Waals surface area contributed by atoms with E-state index >= 15 is 0 Å². The van der Waals surface area contributed by atoms with Crippen molar-refractivity contribution in [2.45, 2.75) is 51.7 Å². The average molecular weight is 199 g/mol. The van der Waals surface area contributed by atoms with Crippen LogP contribution in [-0.2, 0) is 9.53 Å². The van der Waals surface area contributed by atoms with Gasteiger partial charge in [0, 0.05) is 0 Å². The number of ether oxygens (including phenoxy) is 1. The third-order valence-corrected chi connectivity index (χ3v) is 3.03. The van der Waals surface area contributed by atoms with Crippen LogP contribution in [0.3, 0.4) is 0 Å². The van der Waals surface area contributed by atoms with Gasteiger partial charge >= 0.3 is 5.97 Å². The predicted molar refractivity (Wildman–Crippen MR) is 56.0 cm³/mol. The van der Waals surface area contributed by atoms with Gasteiger partial charge in [0.25, 0.3) is 0 Å². The van der Waals surface area contributed by atoms with E-state index in [0.29, 0.717) is 0 Å². The number of nitrogens with one attached hydrogen (secondary N) is 1. The second kappa shape index (κ2) is 5.35. The maximum atomic E-state index is 11.4. The lowest BCUT2D eigenvalue weighted by Gasteiger charge is -2.26. The highest BCUT2D eigenvalue weighted by Gasteiger charge is 2.23. The summed E-state index contributed by atoms with van der Waals surface area (Å²) in [5, 5.41) is 2.89. The lowest BCUT2D eigenvalue weighted by Crippen LogP contribution is -2.36. The van der Waals surface area contributed by atoms with Crippen molar-refractivity contribution in [2.75, 3.05) is 7.05 Å². The first-order chi connectivity index (χ1) is 6.63. The lowest BCUT2D eigenvalue weighted by molar-refractivity contribution is -0.152. The van der Waals surface area contributed by atoms with E-state index in [-0.39, 0.29) is 18.1 Å². The van der Waals surface area contributed by atoms with Gasteiger partial charge in [0.1, 0.15) is 12.1 Å². The van der Waals surface area contributed by atoms with Gasteiger partial charge < -0.3 is 10.1 Å². The first-order valence-corrected chi connectivity index (χ1v) is 5.51. The van der Waals surface area contributed by atoms with E-state index in [9.17, 15) is 4.79 Å². The van der Waals surface area contributed by atoms with Crippen LogP contribution < -0.4 is 5.32 Å². The summed E-state index contributed by atoms with van der Waals surface area (Å²) in [6, 6.07) is -0.186. The van der Waals surface area contributed by atoms with Crippen LogP contribution in [0.1, 0.15) is 39.5 Å². The van der Waals surface area contributed by atoms with Crippen LogP contribution in [0.5, 0.6) is 0 Å². The number of esters is 1. The highest BCUT2D eigenvalue weighted by atomic mass is 16.5. The van der Waals surface area contributed by atoms with Crippen LogP contribution in [0.15, 0.2) is 0 Å². The fourth-order valence-electron chi connectivity index (χ4n) is 1.73. The zero-order chi connectivity index (χ0) is 10.6. The van der Waals surface area contributed by atoms with Crippen LogP contribution in [0.2, 0.25) is 0 Å². The standard InChI is InChI=1S/C11H21NO2/c1-8-4-6-10(7-5-8)14-11(13)9(2)12-3/h8-10,12H,4-7H2,1-3H3. The Balaban J connectivity index is 2.27. The summed E-state index contributed by atoms with van der Waals surface area (Å²) >= 11 is 0. The Morgan fingerprint density at radius 1 is 1.36 bits per heavy atom. The van der Waals surface area contributed by atoms with E-state index in [0.717, 1.165) is 18.8 Å². The summed E-state index contributed by atoms with van der Waals surface area (Å²) in [7, 11) is 1.77. The van der Waals surface area contributed by atoms with Crippen LogP contribution in [0.4, 0.5) is 0 Å². The molecule has 1 fully saturated rings. The van der Waals surface area contributed by atoms with Crippen molar-refractivity contribution in [1.82, 2.24) is 5.32 Å². The van der Waals surface area contributed by atoms with Crippen molar-refractivity contribution in [3.8, 4) is 0 Å². The van der Waals surface area contributed by atoms with E-state index in [1.165, 1.54) is 12.8 Å². The smallest absolute Gasteiger partial charge is 0.323 e. The number of rotatable bonds is 3. The second-order valence-corrected chi connectivity index (χ2v) is 4.33. The third-order valence-electron chi connectivity index (χ3n) is 3.03. The van der Waals surface area contributed by atoms with Crippen LogP contribution in [0, 0.1) is 5.92 Å². The Hall–Kier alpha value is -0.570. The summed E-state index contributed by atoms with van der Waals surface area (Å²) in [5.41, 5.74) is 0. The molecule has 1 aliphatic carbocycles. The Bertz CT molecular complexity index is 186. The van der Waals surface area contributed by atoms with Crippen molar-refractivity contribution >= 4 is 5.97 Å². The van der Waals surface area contributed by atoms with Crippen LogP contribution >= 0.6 is 0 Å². The van der Waals surface area contributed by atoms with E-state index in [1.807, 2.05) is 6.92 Å². The molecule has 0 amide bonds. The maximum Gasteiger partial charge on any atom is 0.323 e. The Morgan fingerprint density at radius 3 is 2.43 bits per heavy atom. The van der Waals surface area contributed by atoms with E-state index in [4.69, 9.17) is 4.74 Å². The molecule has 1 aliphatic rings. The van der Waals surface area contributed by atoms with Gasteiger partial charge in [-0.15, -0.1) is 0 Å². The summed E-state index contributed by atoms with van der Waals surface area (Å²) in [5.74, 6) is 0.679. The van der Waals surface area contributed by atoms with Crippen molar-refractivity contribution in [2.24, 2.45) is 5.92 Å². The molecule has 1 saturated carbocycles. The molecule has 1 unspecified atom stereocenters. The van der Waals surface area contributed by atoms with Gasteiger partial charge in [0.15, 0.2) is 0 Å². The molecule has 0 radical (unpaired) electrons. The Morgan fingerprint density at radius 2 is 1.93 bits per heavy atom. The molecular weight excluding hydrogens is 178 g/mol. The highest BCUT2D eigenvalue weighted by Crippen LogP contribution is 2.25. The van der Waals surface area contributed by atoms with Crippen LogP contribution in [-0.4, -0.2) is 25.2 Å². The molecule has 3 nitrogen and oxygen atoms in total.